The first-order valence-electron chi connectivity index (χ1n) is 2.92. The smallest absolute Gasteiger partial charge is 0.158 e. The van der Waals surface area contributed by atoms with Crippen molar-refractivity contribution in [2.45, 2.75) is 0 Å². The maximum Gasteiger partial charge on any atom is 0.158 e. The van der Waals surface area contributed by atoms with Gasteiger partial charge in [0.05, 0.1) is 9.77 Å². The van der Waals surface area contributed by atoms with Crippen molar-refractivity contribution in [2.75, 3.05) is 0 Å². The van der Waals surface area contributed by atoms with Crippen LogP contribution in [0.2, 0.25) is 5.15 Å². The summed E-state index contributed by atoms with van der Waals surface area (Å²) in [6, 6.07) is 0. The Labute approximate surface area is 81.3 Å². The number of nitrogens with one attached hydrogen (secondary N) is 1. The van der Waals surface area contributed by atoms with Gasteiger partial charge >= 0.3 is 0 Å². The minimum atomic E-state index is 0.413. The summed E-state index contributed by atoms with van der Waals surface area (Å²) in [5.74, 6) is 0. The third kappa shape index (κ3) is 1.20. The first-order chi connectivity index (χ1) is 5.27. The van der Waals surface area contributed by atoms with Gasteiger partial charge in [-0.1, -0.05) is 11.6 Å². The molecule has 0 unspecified atom stereocenters. The molecule has 2 rings (SSSR count). The third-order valence-corrected chi connectivity index (χ3v) is 2.31. The lowest BCUT2D eigenvalue weighted by Gasteiger charge is -1.88. The molecular weight excluding hydrogens is 276 g/mol. The monoisotopic (exact) mass is 279 g/mol. The van der Waals surface area contributed by atoms with E-state index in [4.69, 9.17) is 11.6 Å². The number of aromatic nitrogens is 3. The van der Waals surface area contributed by atoms with Gasteiger partial charge in [0.15, 0.2) is 5.65 Å². The molecule has 3 nitrogen and oxygen atoms in total. The van der Waals surface area contributed by atoms with Crippen molar-refractivity contribution in [3.63, 3.8) is 0 Å². The molecule has 1 N–H and O–H groups in total. The number of fused-ring (bicyclic) bond motifs is 1. The Morgan fingerprint density at radius 2 is 2.36 bits per heavy atom. The SMILES string of the molecule is Clc1cnc2c(I)c[nH]c2n1. The zero-order valence-electron chi connectivity index (χ0n) is 5.31. The highest BCUT2D eigenvalue weighted by Gasteiger charge is 2.02. The molecule has 5 heteroatoms. The predicted octanol–water partition coefficient (Wildman–Crippen LogP) is 2.22. The second kappa shape index (κ2) is 2.60. The third-order valence-electron chi connectivity index (χ3n) is 1.30. The fourth-order valence-corrected chi connectivity index (χ4v) is 1.53. The highest BCUT2D eigenvalue weighted by atomic mass is 127. The molecule has 0 fully saturated rings. The van der Waals surface area contributed by atoms with Crippen molar-refractivity contribution >= 4 is 45.4 Å². The molecule has 2 heterocycles. The highest BCUT2D eigenvalue weighted by molar-refractivity contribution is 14.1. The van der Waals surface area contributed by atoms with Crippen LogP contribution in [-0.4, -0.2) is 15.0 Å². The average Bonchev–Trinajstić information content (AvgIpc) is 2.32. The standard InChI is InChI=1S/C6H3ClIN3/c7-4-2-9-5-3(8)1-10-6(5)11-4/h1-2H,(H,10,11). The minimum absolute atomic E-state index is 0.413. The predicted molar refractivity (Wildman–Crippen MR) is 51.6 cm³/mol. The van der Waals surface area contributed by atoms with Crippen LogP contribution < -0.4 is 0 Å². The average molecular weight is 279 g/mol. The minimum Gasteiger partial charge on any atom is -0.344 e. The molecule has 0 spiro atoms. The summed E-state index contributed by atoms with van der Waals surface area (Å²) in [6.07, 6.45) is 3.39. The van der Waals surface area contributed by atoms with Crippen LogP contribution in [0.1, 0.15) is 0 Å². The van der Waals surface area contributed by atoms with E-state index in [1.807, 2.05) is 6.20 Å². The Balaban J connectivity index is 2.86. The summed E-state index contributed by atoms with van der Waals surface area (Å²) in [4.78, 5) is 11.1. The summed E-state index contributed by atoms with van der Waals surface area (Å²) in [6.45, 7) is 0. The molecule has 0 aromatic carbocycles. The van der Waals surface area contributed by atoms with Crippen LogP contribution >= 0.6 is 34.2 Å². The molecule has 0 bridgehead atoms. The van der Waals surface area contributed by atoms with Gasteiger partial charge in [0.2, 0.25) is 0 Å². The summed E-state index contributed by atoms with van der Waals surface area (Å²) in [7, 11) is 0. The number of rotatable bonds is 0. The Hall–Kier alpha value is -0.360. The summed E-state index contributed by atoms with van der Waals surface area (Å²) < 4.78 is 1.06. The summed E-state index contributed by atoms with van der Waals surface area (Å²) in [5.41, 5.74) is 1.61. The Morgan fingerprint density at radius 3 is 3.18 bits per heavy atom. The first kappa shape index (κ1) is 7.30. The molecule has 0 aliphatic carbocycles. The van der Waals surface area contributed by atoms with Gasteiger partial charge in [0, 0.05) is 6.20 Å². The van der Waals surface area contributed by atoms with Crippen molar-refractivity contribution in [3.8, 4) is 0 Å². The highest BCUT2D eigenvalue weighted by Crippen LogP contribution is 2.16. The van der Waals surface area contributed by atoms with Gasteiger partial charge in [-0.25, -0.2) is 9.97 Å². The number of hydrogen-bond donors (Lipinski definition) is 1. The first-order valence-corrected chi connectivity index (χ1v) is 4.38. The van der Waals surface area contributed by atoms with Crippen molar-refractivity contribution in [1.82, 2.24) is 15.0 Å². The van der Waals surface area contributed by atoms with E-state index in [2.05, 4.69) is 37.5 Å². The van der Waals surface area contributed by atoms with E-state index >= 15 is 0 Å². The molecule has 0 atom stereocenters. The lowest BCUT2D eigenvalue weighted by Crippen LogP contribution is -1.81. The summed E-state index contributed by atoms with van der Waals surface area (Å²) in [5, 5.41) is 0.413. The molecule has 0 saturated heterocycles. The molecule has 0 aliphatic rings. The molecule has 2 aromatic heterocycles. The largest absolute Gasteiger partial charge is 0.344 e. The zero-order valence-corrected chi connectivity index (χ0v) is 8.22. The number of aromatic amines is 1. The van der Waals surface area contributed by atoms with Crippen LogP contribution in [0.3, 0.4) is 0 Å². The van der Waals surface area contributed by atoms with E-state index in [1.54, 1.807) is 6.20 Å². The Bertz CT molecular complexity index is 398. The number of halogens is 2. The Kier molecular flexibility index (Phi) is 1.72. The molecular formula is C6H3ClIN3. The van der Waals surface area contributed by atoms with E-state index in [-0.39, 0.29) is 0 Å². The zero-order chi connectivity index (χ0) is 7.84. The van der Waals surface area contributed by atoms with E-state index in [9.17, 15) is 0 Å². The van der Waals surface area contributed by atoms with Crippen LogP contribution in [0.5, 0.6) is 0 Å². The fourth-order valence-electron chi connectivity index (χ4n) is 0.843. The second-order valence-corrected chi connectivity index (χ2v) is 3.58. The van der Waals surface area contributed by atoms with Gasteiger partial charge in [-0.05, 0) is 22.6 Å². The van der Waals surface area contributed by atoms with Gasteiger partial charge in [0.25, 0.3) is 0 Å². The van der Waals surface area contributed by atoms with Crippen molar-refractivity contribution < 1.29 is 0 Å². The van der Waals surface area contributed by atoms with E-state index in [1.165, 1.54) is 0 Å². The quantitative estimate of drug-likeness (QED) is 0.751. The van der Waals surface area contributed by atoms with Gasteiger partial charge in [-0.15, -0.1) is 0 Å². The molecule has 2 aromatic rings. The molecule has 0 radical (unpaired) electrons. The molecule has 0 saturated carbocycles. The lowest BCUT2D eigenvalue weighted by molar-refractivity contribution is 1.26. The topological polar surface area (TPSA) is 41.6 Å². The van der Waals surface area contributed by atoms with Crippen LogP contribution in [0.4, 0.5) is 0 Å². The van der Waals surface area contributed by atoms with Gasteiger partial charge < -0.3 is 4.98 Å². The molecule has 0 aliphatic heterocycles. The van der Waals surface area contributed by atoms with E-state index in [0.717, 1.165) is 14.7 Å². The number of hydrogen-bond acceptors (Lipinski definition) is 2. The molecule has 11 heavy (non-hydrogen) atoms. The van der Waals surface area contributed by atoms with Crippen molar-refractivity contribution in [1.29, 1.82) is 0 Å². The van der Waals surface area contributed by atoms with Crippen LogP contribution in [0.15, 0.2) is 12.4 Å². The maximum absolute atomic E-state index is 5.63. The van der Waals surface area contributed by atoms with E-state index in [0.29, 0.717) is 5.15 Å². The normalized spacial score (nSPS) is 10.7. The lowest BCUT2D eigenvalue weighted by atomic mass is 10.5. The van der Waals surface area contributed by atoms with Gasteiger partial charge in [-0.3, -0.25) is 0 Å². The molecule has 0 amide bonds. The van der Waals surface area contributed by atoms with Crippen molar-refractivity contribution in [3.05, 3.63) is 21.1 Å². The molecule has 56 valence electrons. The fraction of sp³-hybridized carbons (Fsp3) is 0. The number of nitrogens with zero attached hydrogens (tertiary/aromatic N) is 2. The van der Waals surface area contributed by atoms with Gasteiger partial charge in [-0.2, -0.15) is 0 Å². The second-order valence-electron chi connectivity index (χ2n) is 2.03. The van der Waals surface area contributed by atoms with Crippen LogP contribution in [-0.2, 0) is 0 Å². The van der Waals surface area contributed by atoms with E-state index < -0.39 is 0 Å². The van der Waals surface area contributed by atoms with Crippen LogP contribution in [0.25, 0.3) is 11.2 Å². The van der Waals surface area contributed by atoms with Gasteiger partial charge in [0.1, 0.15) is 10.7 Å². The number of H-pyrrole nitrogens is 1. The van der Waals surface area contributed by atoms with Crippen LogP contribution in [0, 0.1) is 3.57 Å². The Morgan fingerprint density at radius 1 is 1.55 bits per heavy atom. The van der Waals surface area contributed by atoms with Crippen molar-refractivity contribution in [2.24, 2.45) is 0 Å². The summed E-state index contributed by atoms with van der Waals surface area (Å²) >= 11 is 7.82. The maximum atomic E-state index is 5.63.